The van der Waals surface area contributed by atoms with Crippen LogP contribution in [0.15, 0.2) is 48.5 Å². The maximum absolute atomic E-state index is 12.6. The summed E-state index contributed by atoms with van der Waals surface area (Å²) in [5, 5.41) is 3.00. The molecular formula is C16H14F5NO. The Morgan fingerprint density at radius 1 is 0.913 bits per heavy atom. The van der Waals surface area contributed by atoms with Crippen LogP contribution in [0.3, 0.4) is 0 Å². The average Bonchev–Trinajstić information content (AvgIpc) is 2.48. The lowest BCUT2D eigenvalue weighted by Crippen LogP contribution is -2.13. The zero-order chi connectivity index (χ0) is 16.9. The minimum absolute atomic E-state index is 0.0571. The molecule has 2 aromatic rings. The lowest BCUT2D eigenvalue weighted by molar-refractivity contribution is -0.137. The second-order valence-corrected chi connectivity index (χ2v) is 4.82. The lowest BCUT2D eigenvalue weighted by Gasteiger charge is -2.10. The predicted molar refractivity (Wildman–Crippen MR) is 75.1 cm³/mol. The van der Waals surface area contributed by atoms with Crippen LogP contribution in [0.25, 0.3) is 0 Å². The summed E-state index contributed by atoms with van der Waals surface area (Å²) in [6.45, 7) is -2.22. The molecule has 0 spiro atoms. The highest BCUT2D eigenvalue weighted by Crippen LogP contribution is 2.29. The van der Waals surface area contributed by atoms with E-state index in [0.717, 1.165) is 17.7 Å². The highest BCUT2D eigenvalue weighted by molar-refractivity contribution is 5.28. The van der Waals surface area contributed by atoms with Crippen LogP contribution >= 0.6 is 0 Å². The molecule has 0 aliphatic heterocycles. The van der Waals surface area contributed by atoms with E-state index in [1.807, 2.05) is 0 Å². The van der Waals surface area contributed by atoms with Gasteiger partial charge in [-0.05, 0) is 29.3 Å². The first-order valence-electron chi connectivity index (χ1n) is 6.75. The number of hydrogen-bond donors (Lipinski definition) is 1. The quantitative estimate of drug-likeness (QED) is 0.781. The first-order chi connectivity index (χ1) is 10.8. The number of benzene rings is 2. The Bertz CT molecular complexity index is 625. The van der Waals surface area contributed by atoms with Crippen molar-refractivity contribution in [3.63, 3.8) is 0 Å². The molecular weight excluding hydrogens is 317 g/mol. The molecule has 0 aromatic heterocycles. The zero-order valence-electron chi connectivity index (χ0n) is 11.9. The molecule has 0 saturated heterocycles. The Morgan fingerprint density at radius 3 is 2.17 bits per heavy atom. The van der Waals surface area contributed by atoms with Crippen LogP contribution in [-0.4, -0.2) is 6.61 Å². The number of alkyl halides is 5. The van der Waals surface area contributed by atoms with Crippen molar-refractivity contribution in [3.8, 4) is 5.75 Å². The van der Waals surface area contributed by atoms with Gasteiger partial charge in [0.15, 0.2) is 0 Å². The molecule has 0 bridgehead atoms. The summed E-state index contributed by atoms with van der Waals surface area (Å²) in [6, 6.07) is 11.1. The van der Waals surface area contributed by atoms with Crippen molar-refractivity contribution < 1.29 is 26.7 Å². The van der Waals surface area contributed by atoms with Crippen LogP contribution in [0.4, 0.5) is 22.0 Å². The van der Waals surface area contributed by atoms with E-state index in [9.17, 15) is 22.0 Å². The molecule has 0 fully saturated rings. The van der Waals surface area contributed by atoms with Crippen molar-refractivity contribution in [2.75, 3.05) is 0 Å². The van der Waals surface area contributed by atoms with Gasteiger partial charge in [0.1, 0.15) is 5.75 Å². The number of nitrogens with one attached hydrogen (secondary N) is 1. The van der Waals surface area contributed by atoms with E-state index in [4.69, 9.17) is 0 Å². The predicted octanol–water partition coefficient (Wildman–Crippen LogP) is 4.60. The molecule has 23 heavy (non-hydrogen) atoms. The van der Waals surface area contributed by atoms with Crippen molar-refractivity contribution in [1.29, 1.82) is 0 Å². The average molecular weight is 331 g/mol. The minimum Gasteiger partial charge on any atom is -0.435 e. The molecule has 0 unspecified atom stereocenters. The molecule has 0 radical (unpaired) electrons. The SMILES string of the molecule is FC(F)Oc1ccc(CNCc2cccc(C(F)(F)F)c2)cc1. The zero-order valence-corrected chi connectivity index (χ0v) is 11.9. The molecule has 0 aliphatic rings. The van der Waals surface area contributed by atoms with Crippen molar-refractivity contribution >= 4 is 0 Å². The maximum atomic E-state index is 12.6. The van der Waals surface area contributed by atoms with E-state index >= 15 is 0 Å². The molecule has 0 heterocycles. The summed E-state index contributed by atoms with van der Waals surface area (Å²) >= 11 is 0. The summed E-state index contributed by atoms with van der Waals surface area (Å²) in [5.74, 6) is 0.0571. The standard InChI is InChI=1S/C16H14F5NO/c17-15(18)23-14-6-4-11(5-7-14)9-22-10-12-2-1-3-13(8-12)16(19,20)21/h1-8,15,22H,9-10H2. The third-order valence-electron chi connectivity index (χ3n) is 3.06. The summed E-state index contributed by atoms with van der Waals surface area (Å²) < 4.78 is 66.0. The van der Waals surface area contributed by atoms with E-state index in [-0.39, 0.29) is 12.3 Å². The van der Waals surface area contributed by atoms with Crippen LogP contribution in [0, 0.1) is 0 Å². The first kappa shape index (κ1) is 17.2. The third kappa shape index (κ3) is 5.52. The fourth-order valence-electron chi connectivity index (χ4n) is 2.00. The summed E-state index contributed by atoms with van der Waals surface area (Å²) in [7, 11) is 0. The first-order valence-corrected chi connectivity index (χ1v) is 6.75. The van der Waals surface area contributed by atoms with Crippen LogP contribution < -0.4 is 10.1 Å². The monoisotopic (exact) mass is 331 g/mol. The number of ether oxygens (including phenoxy) is 1. The molecule has 0 amide bonds. The molecule has 2 aromatic carbocycles. The summed E-state index contributed by atoms with van der Waals surface area (Å²) in [5.41, 5.74) is 0.626. The largest absolute Gasteiger partial charge is 0.435 e. The van der Waals surface area contributed by atoms with Gasteiger partial charge in [-0.3, -0.25) is 0 Å². The van der Waals surface area contributed by atoms with Gasteiger partial charge in [-0.1, -0.05) is 30.3 Å². The highest BCUT2D eigenvalue weighted by atomic mass is 19.4. The molecule has 124 valence electrons. The minimum atomic E-state index is -4.36. The second-order valence-electron chi connectivity index (χ2n) is 4.82. The number of halogens is 5. The molecule has 7 heteroatoms. The fourth-order valence-corrected chi connectivity index (χ4v) is 2.00. The van der Waals surface area contributed by atoms with E-state index < -0.39 is 18.4 Å². The summed E-state index contributed by atoms with van der Waals surface area (Å²) in [4.78, 5) is 0. The molecule has 0 aliphatic carbocycles. The van der Waals surface area contributed by atoms with Crippen molar-refractivity contribution in [2.45, 2.75) is 25.9 Å². The lowest BCUT2D eigenvalue weighted by atomic mass is 10.1. The molecule has 2 rings (SSSR count). The Kier molecular flexibility index (Phi) is 5.54. The van der Waals surface area contributed by atoms with Gasteiger partial charge in [0.2, 0.25) is 0 Å². The van der Waals surface area contributed by atoms with E-state index in [0.29, 0.717) is 12.1 Å². The van der Waals surface area contributed by atoms with E-state index in [2.05, 4.69) is 10.1 Å². The number of hydrogen-bond acceptors (Lipinski definition) is 2. The highest BCUT2D eigenvalue weighted by Gasteiger charge is 2.30. The second kappa shape index (κ2) is 7.41. The Hall–Kier alpha value is -2.15. The Balaban J connectivity index is 1.87. The van der Waals surface area contributed by atoms with Crippen LogP contribution in [0.1, 0.15) is 16.7 Å². The van der Waals surface area contributed by atoms with Crippen LogP contribution in [0.2, 0.25) is 0 Å². The van der Waals surface area contributed by atoms with Crippen molar-refractivity contribution in [1.82, 2.24) is 5.32 Å². The smallest absolute Gasteiger partial charge is 0.416 e. The molecule has 0 saturated carbocycles. The molecule has 2 nitrogen and oxygen atoms in total. The van der Waals surface area contributed by atoms with Gasteiger partial charge in [-0.2, -0.15) is 22.0 Å². The topological polar surface area (TPSA) is 21.3 Å². The summed E-state index contributed by atoms with van der Waals surface area (Å²) in [6.07, 6.45) is -4.36. The van der Waals surface area contributed by atoms with Crippen molar-refractivity contribution in [3.05, 3.63) is 65.2 Å². The van der Waals surface area contributed by atoms with Gasteiger partial charge in [-0.25, -0.2) is 0 Å². The van der Waals surface area contributed by atoms with Gasteiger partial charge in [0.05, 0.1) is 5.56 Å². The van der Waals surface area contributed by atoms with Gasteiger partial charge in [0, 0.05) is 13.1 Å². The van der Waals surface area contributed by atoms with Gasteiger partial charge in [-0.15, -0.1) is 0 Å². The van der Waals surface area contributed by atoms with Crippen LogP contribution in [-0.2, 0) is 19.3 Å². The van der Waals surface area contributed by atoms with E-state index in [1.54, 1.807) is 18.2 Å². The van der Waals surface area contributed by atoms with E-state index in [1.165, 1.54) is 18.2 Å². The molecule has 1 N–H and O–H groups in total. The fraction of sp³-hybridized carbons (Fsp3) is 0.250. The molecule has 0 atom stereocenters. The third-order valence-corrected chi connectivity index (χ3v) is 3.06. The van der Waals surface area contributed by atoms with Gasteiger partial charge < -0.3 is 10.1 Å². The Labute approximate surface area is 129 Å². The Morgan fingerprint density at radius 2 is 1.57 bits per heavy atom. The maximum Gasteiger partial charge on any atom is 0.416 e. The van der Waals surface area contributed by atoms with Gasteiger partial charge in [0.25, 0.3) is 0 Å². The number of rotatable bonds is 6. The van der Waals surface area contributed by atoms with Crippen LogP contribution in [0.5, 0.6) is 5.75 Å². The normalized spacial score (nSPS) is 11.7. The van der Waals surface area contributed by atoms with Gasteiger partial charge >= 0.3 is 12.8 Å². The van der Waals surface area contributed by atoms with Crippen molar-refractivity contribution in [2.24, 2.45) is 0 Å².